The van der Waals surface area contributed by atoms with Crippen molar-refractivity contribution in [2.24, 2.45) is 0 Å². The molecule has 1 amide bonds. The van der Waals surface area contributed by atoms with Crippen molar-refractivity contribution in [3.05, 3.63) is 95.3 Å². The summed E-state index contributed by atoms with van der Waals surface area (Å²) in [6, 6.07) is 22.1. The Morgan fingerprint density at radius 3 is 2.09 bits per heavy atom. The molecule has 0 aliphatic carbocycles. The highest BCUT2D eigenvalue weighted by molar-refractivity contribution is 5.95. The van der Waals surface area contributed by atoms with Crippen molar-refractivity contribution >= 4 is 5.91 Å². The van der Waals surface area contributed by atoms with Gasteiger partial charge in [0, 0.05) is 13.1 Å². The number of nitrogens with zero attached hydrogens (tertiary/aromatic N) is 1. The van der Waals surface area contributed by atoms with Gasteiger partial charge in [-0.15, -0.1) is 0 Å². The average molecular weight is 437 g/mol. The fourth-order valence-corrected chi connectivity index (χ4v) is 3.04. The zero-order valence-electron chi connectivity index (χ0n) is 18.5. The van der Waals surface area contributed by atoms with Crippen LogP contribution in [0, 0.1) is 5.82 Å². The molecule has 168 valence electrons. The highest BCUT2D eigenvalue weighted by atomic mass is 19.1. The topological polar surface area (TPSA) is 50.8 Å². The van der Waals surface area contributed by atoms with E-state index in [-0.39, 0.29) is 30.3 Å². The highest BCUT2D eigenvalue weighted by Gasteiger charge is 2.21. The molecule has 0 spiro atoms. The van der Waals surface area contributed by atoms with Crippen LogP contribution in [0.1, 0.15) is 28.4 Å². The van der Waals surface area contributed by atoms with Gasteiger partial charge in [-0.25, -0.2) is 4.39 Å². The number of likely N-dealkylation sites (N-methyl/N-ethyl adjacent to an activating group) is 1. The van der Waals surface area contributed by atoms with Crippen molar-refractivity contribution < 1.29 is 18.7 Å². The van der Waals surface area contributed by atoms with Crippen molar-refractivity contribution in [1.29, 1.82) is 0 Å². The Bertz CT molecular complexity index is 997. The lowest BCUT2D eigenvalue weighted by Gasteiger charge is -2.17. The van der Waals surface area contributed by atoms with Crippen molar-refractivity contribution in [3.63, 3.8) is 0 Å². The van der Waals surface area contributed by atoms with Crippen molar-refractivity contribution in [2.75, 3.05) is 26.7 Å². The molecule has 0 bridgehead atoms. The van der Waals surface area contributed by atoms with Gasteiger partial charge in [0.1, 0.15) is 13.2 Å². The second-order valence-electron chi connectivity index (χ2n) is 7.45. The number of benzene rings is 3. The number of rotatable bonds is 11. The largest absolute Gasteiger partial charge is 0.485 e. The van der Waals surface area contributed by atoms with Crippen molar-refractivity contribution in [3.8, 4) is 11.5 Å². The first-order valence-electron chi connectivity index (χ1n) is 10.7. The molecule has 3 rings (SSSR count). The smallest absolute Gasteiger partial charge is 0.254 e. The van der Waals surface area contributed by atoms with Crippen LogP contribution in [0.5, 0.6) is 11.5 Å². The Morgan fingerprint density at radius 2 is 1.50 bits per heavy atom. The Labute approximate surface area is 188 Å². The van der Waals surface area contributed by atoms with E-state index in [0.717, 1.165) is 17.7 Å². The van der Waals surface area contributed by atoms with Crippen LogP contribution >= 0.6 is 0 Å². The third kappa shape index (κ3) is 6.56. The molecule has 6 heteroatoms. The fourth-order valence-electron chi connectivity index (χ4n) is 3.04. The predicted octanol–water partition coefficient (Wildman–Crippen LogP) is 4.67. The van der Waals surface area contributed by atoms with Crippen LogP contribution in [-0.2, 0) is 13.2 Å². The summed E-state index contributed by atoms with van der Waals surface area (Å²) < 4.78 is 27.0. The Hall–Kier alpha value is -3.38. The van der Waals surface area contributed by atoms with Crippen LogP contribution < -0.4 is 14.8 Å². The Kier molecular flexibility index (Phi) is 8.63. The molecule has 32 heavy (non-hydrogen) atoms. The molecule has 0 aromatic heterocycles. The number of nitrogens with one attached hydrogen (secondary N) is 1. The zero-order chi connectivity index (χ0) is 22.8. The molecule has 0 aliphatic heterocycles. The first-order chi connectivity index (χ1) is 15.6. The lowest BCUT2D eigenvalue weighted by molar-refractivity contribution is 0.0944. The molecule has 3 aromatic rings. The summed E-state index contributed by atoms with van der Waals surface area (Å²) in [5.41, 5.74) is 1.77. The van der Waals surface area contributed by atoms with Gasteiger partial charge in [-0.05, 0) is 36.9 Å². The molecule has 3 aromatic carbocycles. The van der Waals surface area contributed by atoms with Gasteiger partial charge in [-0.3, -0.25) is 4.79 Å². The van der Waals surface area contributed by atoms with Crippen LogP contribution in [-0.4, -0.2) is 37.5 Å². The third-order valence-corrected chi connectivity index (χ3v) is 5.09. The van der Waals surface area contributed by atoms with E-state index < -0.39 is 11.7 Å². The maximum Gasteiger partial charge on any atom is 0.254 e. The second-order valence-corrected chi connectivity index (χ2v) is 7.45. The molecule has 0 unspecified atom stereocenters. The number of ether oxygens (including phenoxy) is 2. The van der Waals surface area contributed by atoms with E-state index in [4.69, 9.17) is 9.47 Å². The molecular formula is C26H29FN2O3. The Morgan fingerprint density at radius 1 is 0.906 bits per heavy atom. The van der Waals surface area contributed by atoms with E-state index in [1.54, 1.807) is 6.07 Å². The highest BCUT2D eigenvalue weighted by Crippen LogP contribution is 2.34. The molecular weight excluding hydrogens is 407 g/mol. The lowest BCUT2D eigenvalue weighted by Crippen LogP contribution is -2.33. The van der Waals surface area contributed by atoms with E-state index in [2.05, 4.69) is 10.2 Å². The maximum absolute atomic E-state index is 15.4. The molecule has 0 atom stereocenters. The lowest BCUT2D eigenvalue weighted by atomic mass is 10.1. The summed E-state index contributed by atoms with van der Waals surface area (Å²) >= 11 is 0. The normalized spacial score (nSPS) is 10.8. The minimum atomic E-state index is -0.729. The summed E-state index contributed by atoms with van der Waals surface area (Å²) in [6.45, 7) is 4.43. The summed E-state index contributed by atoms with van der Waals surface area (Å²) in [6.07, 6.45) is 0. The first-order valence-corrected chi connectivity index (χ1v) is 10.7. The fraction of sp³-hybridized carbons (Fsp3) is 0.269. The minimum absolute atomic E-state index is 0.0666. The van der Waals surface area contributed by atoms with E-state index in [1.165, 1.54) is 6.07 Å². The van der Waals surface area contributed by atoms with Gasteiger partial charge in [0.15, 0.2) is 17.3 Å². The molecule has 0 fully saturated rings. The third-order valence-electron chi connectivity index (χ3n) is 5.09. The molecule has 0 saturated carbocycles. The first kappa shape index (κ1) is 23.3. The standard InChI is InChI=1S/C26H29FN2O3/c1-3-29(2)17-16-28-26(30)22-14-15-23(31-18-20-10-6-4-7-11-20)25(24(22)27)32-19-21-12-8-5-9-13-21/h4-15H,3,16-19H2,1-2H3,(H,28,30). The van der Waals surface area contributed by atoms with Crippen molar-refractivity contribution in [1.82, 2.24) is 10.2 Å². The number of halogens is 1. The van der Waals surface area contributed by atoms with Crippen LogP contribution in [0.15, 0.2) is 72.8 Å². The van der Waals surface area contributed by atoms with Gasteiger partial charge < -0.3 is 19.7 Å². The number of hydrogen-bond acceptors (Lipinski definition) is 4. The quantitative estimate of drug-likeness (QED) is 0.475. The molecule has 1 N–H and O–H groups in total. The van der Waals surface area contributed by atoms with E-state index in [1.807, 2.05) is 74.6 Å². The van der Waals surface area contributed by atoms with Crippen molar-refractivity contribution in [2.45, 2.75) is 20.1 Å². The van der Waals surface area contributed by atoms with Crippen LogP contribution in [0.3, 0.4) is 0 Å². The van der Waals surface area contributed by atoms with Gasteiger partial charge >= 0.3 is 0 Å². The van der Waals surface area contributed by atoms with Crippen LogP contribution in [0.25, 0.3) is 0 Å². The maximum atomic E-state index is 15.4. The number of carbonyl (C=O) groups is 1. The number of hydrogen-bond donors (Lipinski definition) is 1. The predicted molar refractivity (Wildman–Crippen MR) is 123 cm³/mol. The number of amides is 1. The molecule has 0 heterocycles. The monoisotopic (exact) mass is 436 g/mol. The van der Waals surface area contributed by atoms with Gasteiger partial charge in [0.2, 0.25) is 0 Å². The summed E-state index contributed by atoms with van der Waals surface area (Å²) in [5, 5.41) is 2.77. The second kappa shape index (κ2) is 11.9. The summed E-state index contributed by atoms with van der Waals surface area (Å²) in [7, 11) is 1.96. The van der Waals surface area contributed by atoms with Crippen LogP contribution in [0.4, 0.5) is 4.39 Å². The van der Waals surface area contributed by atoms with Crippen LogP contribution in [0.2, 0.25) is 0 Å². The zero-order valence-corrected chi connectivity index (χ0v) is 18.5. The molecule has 0 saturated heterocycles. The number of carbonyl (C=O) groups excluding carboxylic acids is 1. The van der Waals surface area contributed by atoms with E-state index >= 15 is 4.39 Å². The van der Waals surface area contributed by atoms with Gasteiger partial charge in [0.25, 0.3) is 5.91 Å². The Balaban J connectivity index is 1.78. The van der Waals surface area contributed by atoms with Gasteiger partial charge in [-0.2, -0.15) is 0 Å². The minimum Gasteiger partial charge on any atom is -0.485 e. The molecule has 0 radical (unpaired) electrons. The van der Waals surface area contributed by atoms with E-state index in [9.17, 15) is 4.79 Å². The summed E-state index contributed by atoms with van der Waals surface area (Å²) in [5.74, 6) is -1.02. The molecule has 0 aliphatic rings. The summed E-state index contributed by atoms with van der Waals surface area (Å²) in [4.78, 5) is 14.6. The average Bonchev–Trinajstić information content (AvgIpc) is 2.83. The van der Waals surface area contributed by atoms with E-state index in [0.29, 0.717) is 13.1 Å². The molecule has 5 nitrogen and oxygen atoms in total. The van der Waals surface area contributed by atoms with Gasteiger partial charge in [0.05, 0.1) is 5.56 Å². The van der Waals surface area contributed by atoms with Gasteiger partial charge in [-0.1, -0.05) is 67.6 Å². The SMILES string of the molecule is CCN(C)CCNC(=O)c1ccc(OCc2ccccc2)c(OCc2ccccc2)c1F.